The van der Waals surface area contributed by atoms with Gasteiger partial charge in [0.1, 0.15) is 11.4 Å². The van der Waals surface area contributed by atoms with Crippen LogP contribution in [-0.2, 0) is 0 Å². The van der Waals surface area contributed by atoms with E-state index in [1.807, 2.05) is 6.92 Å². The third kappa shape index (κ3) is 2.88. The van der Waals surface area contributed by atoms with Gasteiger partial charge in [-0.25, -0.2) is 9.97 Å². The molecule has 1 aromatic heterocycles. The summed E-state index contributed by atoms with van der Waals surface area (Å²) < 4.78 is 0. The molecule has 0 bridgehead atoms. The molecule has 0 aliphatic carbocycles. The number of nitrogens with zero attached hydrogens (tertiary/aromatic N) is 3. The summed E-state index contributed by atoms with van der Waals surface area (Å²) >= 11 is 1.45. The Morgan fingerprint density at radius 2 is 2.57 bits per heavy atom. The first-order valence-corrected chi connectivity index (χ1v) is 5.06. The highest BCUT2D eigenvalue weighted by molar-refractivity contribution is 8.00. The summed E-state index contributed by atoms with van der Waals surface area (Å²) in [6.07, 6.45) is 3.92. The van der Waals surface area contributed by atoms with E-state index in [1.54, 1.807) is 12.3 Å². The fourth-order valence-corrected chi connectivity index (χ4v) is 1.78. The quantitative estimate of drug-likeness (QED) is 0.195. The molecule has 6 heteroatoms. The van der Waals surface area contributed by atoms with Gasteiger partial charge in [-0.2, -0.15) is 0 Å². The molecule has 1 aromatic rings. The SMILES string of the molecule is CCC(Sc1ccncn1)C(N)=NO. The van der Waals surface area contributed by atoms with Crippen molar-refractivity contribution in [1.82, 2.24) is 9.97 Å². The second-order valence-corrected chi connectivity index (χ2v) is 3.81. The first-order valence-electron chi connectivity index (χ1n) is 4.18. The van der Waals surface area contributed by atoms with E-state index in [0.717, 1.165) is 11.4 Å². The van der Waals surface area contributed by atoms with Crippen LogP contribution >= 0.6 is 11.8 Å². The molecule has 0 aliphatic heterocycles. The molecule has 0 fully saturated rings. The molecular formula is C8H12N4OS. The normalized spacial score (nSPS) is 13.9. The van der Waals surface area contributed by atoms with Crippen molar-refractivity contribution in [1.29, 1.82) is 0 Å². The van der Waals surface area contributed by atoms with Gasteiger partial charge in [0.2, 0.25) is 0 Å². The first kappa shape index (κ1) is 10.8. The van der Waals surface area contributed by atoms with E-state index in [-0.39, 0.29) is 11.1 Å². The monoisotopic (exact) mass is 212 g/mol. The van der Waals surface area contributed by atoms with Crippen molar-refractivity contribution in [2.45, 2.75) is 23.6 Å². The standard InChI is InChI=1S/C8H12N4OS/c1-2-6(8(9)12-13)14-7-3-4-10-5-11-7/h3-6,13H,2H2,1H3,(H2,9,12). The van der Waals surface area contributed by atoms with Gasteiger partial charge in [0, 0.05) is 6.20 Å². The van der Waals surface area contributed by atoms with Gasteiger partial charge in [0.05, 0.1) is 5.25 Å². The van der Waals surface area contributed by atoms with Crippen LogP contribution in [0.5, 0.6) is 0 Å². The smallest absolute Gasteiger partial charge is 0.152 e. The van der Waals surface area contributed by atoms with Crippen LogP contribution in [-0.4, -0.2) is 26.3 Å². The average Bonchev–Trinajstić information content (AvgIpc) is 2.26. The van der Waals surface area contributed by atoms with Crippen LogP contribution in [0.15, 0.2) is 28.8 Å². The van der Waals surface area contributed by atoms with E-state index in [1.165, 1.54) is 18.1 Å². The Morgan fingerprint density at radius 3 is 3.07 bits per heavy atom. The summed E-state index contributed by atoms with van der Waals surface area (Å²) in [6.45, 7) is 1.97. The number of amidine groups is 1. The van der Waals surface area contributed by atoms with Crippen molar-refractivity contribution < 1.29 is 5.21 Å². The van der Waals surface area contributed by atoms with Crippen molar-refractivity contribution in [3.63, 3.8) is 0 Å². The van der Waals surface area contributed by atoms with Gasteiger partial charge in [0.25, 0.3) is 0 Å². The van der Waals surface area contributed by atoms with Gasteiger partial charge < -0.3 is 10.9 Å². The molecule has 0 saturated carbocycles. The minimum Gasteiger partial charge on any atom is -0.409 e. The number of hydrogen-bond acceptors (Lipinski definition) is 5. The predicted molar refractivity (Wildman–Crippen MR) is 55.4 cm³/mol. The number of rotatable bonds is 4. The Bertz CT molecular complexity index is 303. The van der Waals surface area contributed by atoms with E-state index in [4.69, 9.17) is 10.9 Å². The van der Waals surface area contributed by atoms with Crippen LogP contribution in [0.25, 0.3) is 0 Å². The van der Waals surface area contributed by atoms with Crippen molar-refractivity contribution >= 4 is 17.6 Å². The molecule has 0 radical (unpaired) electrons. The number of thioether (sulfide) groups is 1. The largest absolute Gasteiger partial charge is 0.409 e. The average molecular weight is 212 g/mol. The molecule has 0 saturated heterocycles. The molecule has 1 heterocycles. The highest BCUT2D eigenvalue weighted by Gasteiger charge is 2.13. The van der Waals surface area contributed by atoms with Gasteiger partial charge in [-0.3, -0.25) is 0 Å². The Balaban J connectivity index is 2.67. The molecule has 0 spiro atoms. The Morgan fingerprint density at radius 1 is 1.79 bits per heavy atom. The molecule has 1 atom stereocenters. The van der Waals surface area contributed by atoms with E-state index in [2.05, 4.69) is 15.1 Å². The second-order valence-electron chi connectivity index (χ2n) is 2.59. The zero-order chi connectivity index (χ0) is 10.4. The Kier molecular flexibility index (Phi) is 4.18. The molecular weight excluding hydrogens is 200 g/mol. The summed E-state index contributed by atoms with van der Waals surface area (Å²) in [4.78, 5) is 7.85. The maximum Gasteiger partial charge on any atom is 0.152 e. The zero-order valence-electron chi connectivity index (χ0n) is 7.79. The van der Waals surface area contributed by atoms with E-state index < -0.39 is 0 Å². The summed E-state index contributed by atoms with van der Waals surface area (Å²) in [5.74, 6) is 0.219. The van der Waals surface area contributed by atoms with Gasteiger partial charge in [-0.05, 0) is 12.5 Å². The van der Waals surface area contributed by atoms with Crippen LogP contribution < -0.4 is 5.73 Å². The number of nitrogens with two attached hydrogens (primary N) is 1. The molecule has 1 rings (SSSR count). The minimum absolute atomic E-state index is 0.0464. The third-order valence-corrected chi connectivity index (χ3v) is 2.98. The fourth-order valence-electron chi connectivity index (χ4n) is 0.911. The highest BCUT2D eigenvalue weighted by Crippen LogP contribution is 2.22. The molecule has 1 unspecified atom stereocenters. The number of oxime groups is 1. The Labute approximate surface area is 86.4 Å². The van der Waals surface area contributed by atoms with Gasteiger partial charge in [0.15, 0.2) is 5.84 Å². The lowest BCUT2D eigenvalue weighted by atomic mass is 10.3. The summed E-state index contributed by atoms with van der Waals surface area (Å²) in [7, 11) is 0. The van der Waals surface area contributed by atoms with E-state index in [9.17, 15) is 0 Å². The predicted octanol–water partition coefficient (Wildman–Crippen LogP) is 1.09. The molecule has 3 N–H and O–H groups in total. The molecule has 5 nitrogen and oxygen atoms in total. The molecule has 14 heavy (non-hydrogen) atoms. The zero-order valence-corrected chi connectivity index (χ0v) is 8.61. The molecule has 0 aliphatic rings. The molecule has 0 aromatic carbocycles. The summed E-state index contributed by atoms with van der Waals surface area (Å²) in [6, 6.07) is 1.79. The molecule has 76 valence electrons. The first-order chi connectivity index (χ1) is 6.77. The minimum atomic E-state index is -0.0464. The van der Waals surface area contributed by atoms with Gasteiger partial charge >= 0.3 is 0 Å². The van der Waals surface area contributed by atoms with Crippen LogP contribution in [0, 0.1) is 0 Å². The maximum absolute atomic E-state index is 8.53. The van der Waals surface area contributed by atoms with Crippen LogP contribution in [0.2, 0.25) is 0 Å². The van der Waals surface area contributed by atoms with E-state index in [0.29, 0.717) is 0 Å². The van der Waals surface area contributed by atoms with Crippen molar-refractivity contribution in [2.24, 2.45) is 10.9 Å². The van der Waals surface area contributed by atoms with Crippen LogP contribution in [0.3, 0.4) is 0 Å². The topological polar surface area (TPSA) is 84.4 Å². The second kappa shape index (κ2) is 5.43. The van der Waals surface area contributed by atoms with Crippen LogP contribution in [0.1, 0.15) is 13.3 Å². The highest BCUT2D eigenvalue weighted by atomic mass is 32.2. The van der Waals surface area contributed by atoms with Crippen molar-refractivity contribution in [3.05, 3.63) is 18.6 Å². The lowest BCUT2D eigenvalue weighted by Gasteiger charge is -2.10. The Hall–Kier alpha value is -1.30. The third-order valence-electron chi connectivity index (χ3n) is 1.63. The fraction of sp³-hybridized carbons (Fsp3) is 0.375. The summed E-state index contributed by atoms with van der Waals surface area (Å²) in [5.41, 5.74) is 5.51. The maximum atomic E-state index is 8.53. The number of aromatic nitrogens is 2. The molecule has 0 amide bonds. The summed E-state index contributed by atoms with van der Waals surface area (Å²) in [5, 5.41) is 12.3. The van der Waals surface area contributed by atoms with E-state index >= 15 is 0 Å². The van der Waals surface area contributed by atoms with Gasteiger partial charge in [-0.1, -0.05) is 23.8 Å². The van der Waals surface area contributed by atoms with Gasteiger partial charge in [-0.15, -0.1) is 0 Å². The van der Waals surface area contributed by atoms with Crippen molar-refractivity contribution in [2.75, 3.05) is 0 Å². The lowest BCUT2D eigenvalue weighted by molar-refractivity contribution is 0.317. The van der Waals surface area contributed by atoms with Crippen LogP contribution in [0.4, 0.5) is 0 Å². The number of hydrogen-bond donors (Lipinski definition) is 2. The van der Waals surface area contributed by atoms with Crippen molar-refractivity contribution in [3.8, 4) is 0 Å². The lowest BCUT2D eigenvalue weighted by Crippen LogP contribution is -2.25.